The van der Waals surface area contributed by atoms with Gasteiger partial charge in [0.15, 0.2) is 0 Å². The molecule has 0 amide bonds. The van der Waals surface area contributed by atoms with Crippen LogP contribution >= 0.6 is 0 Å². The minimum absolute atomic E-state index is 0.675. The summed E-state index contributed by atoms with van der Waals surface area (Å²) in [6, 6.07) is 0. The lowest BCUT2D eigenvalue weighted by atomic mass is 9.97. The molecule has 1 atom stereocenters. The second-order valence-corrected chi connectivity index (χ2v) is 3.21. The Bertz CT molecular complexity index is 94.7. The van der Waals surface area contributed by atoms with Gasteiger partial charge in [-0.05, 0) is 24.3 Å². The molecule has 1 aliphatic rings. The van der Waals surface area contributed by atoms with Gasteiger partial charge in [-0.1, -0.05) is 26.7 Å². The number of rotatable bonds is 3. The van der Waals surface area contributed by atoms with E-state index in [-0.39, 0.29) is 0 Å². The van der Waals surface area contributed by atoms with Crippen LogP contribution < -0.4 is 5.73 Å². The highest BCUT2D eigenvalue weighted by Gasteiger charge is 2.49. The molecule has 1 nitrogen and oxygen atoms in total. The van der Waals surface area contributed by atoms with Gasteiger partial charge in [-0.25, -0.2) is 0 Å². The SMILES string of the molecule is CCC1(CC)C[C@@H]1CN. The molecule has 1 heteroatoms. The van der Waals surface area contributed by atoms with Crippen molar-refractivity contribution >= 4 is 0 Å². The predicted molar refractivity (Wildman–Crippen MR) is 40.2 cm³/mol. The number of hydrogen-bond acceptors (Lipinski definition) is 1. The summed E-state index contributed by atoms with van der Waals surface area (Å²) in [7, 11) is 0. The first-order valence-electron chi connectivity index (χ1n) is 3.99. The lowest BCUT2D eigenvalue weighted by Gasteiger charge is -2.09. The summed E-state index contributed by atoms with van der Waals surface area (Å²) in [5, 5.41) is 0. The third-order valence-electron chi connectivity index (χ3n) is 3.05. The first-order chi connectivity index (χ1) is 4.29. The molecule has 1 fully saturated rings. The van der Waals surface area contributed by atoms with Gasteiger partial charge in [-0.15, -0.1) is 0 Å². The van der Waals surface area contributed by atoms with Gasteiger partial charge in [0.1, 0.15) is 0 Å². The molecule has 0 heterocycles. The highest BCUT2D eigenvalue weighted by atomic mass is 14.7. The fourth-order valence-corrected chi connectivity index (χ4v) is 1.88. The van der Waals surface area contributed by atoms with Crippen LogP contribution in [0.4, 0.5) is 0 Å². The Morgan fingerprint density at radius 1 is 1.44 bits per heavy atom. The van der Waals surface area contributed by atoms with Gasteiger partial charge >= 0.3 is 0 Å². The van der Waals surface area contributed by atoms with Crippen LogP contribution in [0.3, 0.4) is 0 Å². The van der Waals surface area contributed by atoms with E-state index in [0.717, 1.165) is 12.5 Å². The molecule has 54 valence electrons. The van der Waals surface area contributed by atoms with E-state index in [4.69, 9.17) is 5.73 Å². The Morgan fingerprint density at radius 2 is 2.00 bits per heavy atom. The van der Waals surface area contributed by atoms with Crippen LogP contribution in [0, 0.1) is 11.3 Å². The Hall–Kier alpha value is -0.0400. The predicted octanol–water partition coefficient (Wildman–Crippen LogP) is 1.77. The molecular formula is C8H17N. The molecule has 9 heavy (non-hydrogen) atoms. The Kier molecular flexibility index (Phi) is 1.80. The number of hydrogen-bond donors (Lipinski definition) is 1. The van der Waals surface area contributed by atoms with Crippen LogP contribution in [0.5, 0.6) is 0 Å². The van der Waals surface area contributed by atoms with Crippen LogP contribution in [0.15, 0.2) is 0 Å². The topological polar surface area (TPSA) is 26.0 Å². The molecular weight excluding hydrogens is 110 g/mol. The van der Waals surface area contributed by atoms with Gasteiger partial charge in [0.05, 0.1) is 0 Å². The van der Waals surface area contributed by atoms with Gasteiger partial charge in [-0.3, -0.25) is 0 Å². The quantitative estimate of drug-likeness (QED) is 0.614. The van der Waals surface area contributed by atoms with Crippen molar-refractivity contribution in [1.82, 2.24) is 0 Å². The summed E-state index contributed by atoms with van der Waals surface area (Å²) >= 11 is 0. The molecule has 1 saturated carbocycles. The van der Waals surface area contributed by atoms with E-state index in [2.05, 4.69) is 13.8 Å². The molecule has 0 aromatic rings. The molecule has 0 spiro atoms. The van der Waals surface area contributed by atoms with Gasteiger partial charge in [0.25, 0.3) is 0 Å². The summed E-state index contributed by atoms with van der Waals surface area (Å²) in [5.41, 5.74) is 6.24. The maximum atomic E-state index is 5.56. The first-order valence-corrected chi connectivity index (χ1v) is 3.99. The molecule has 0 aromatic heterocycles. The average Bonchev–Trinajstić information content (AvgIpc) is 2.63. The molecule has 0 saturated heterocycles. The largest absolute Gasteiger partial charge is 0.330 e. The third kappa shape index (κ3) is 0.983. The standard InChI is InChI=1S/C8H17N/c1-3-8(4-2)5-7(8)6-9/h7H,3-6,9H2,1-2H3/t7-/m1/s1. The summed E-state index contributed by atoms with van der Waals surface area (Å²) in [6.07, 6.45) is 4.03. The van der Waals surface area contributed by atoms with Crippen molar-refractivity contribution in [3.05, 3.63) is 0 Å². The van der Waals surface area contributed by atoms with Crippen LogP contribution in [0.25, 0.3) is 0 Å². The van der Waals surface area contributed by atoms with Crippen molar-refractivity contribution in [2.24, 2.45) is 17.1 Å². The van der Waals surface area contributed by atoms with Crippen molar-refractivity contribution in [2.45, 2.75) is 33.1 Å². The highest BCUT2D eigenvalue weighted by molar-refractivity contribution is 5.00. The smallest absolute Gasteiger partial charge is 0.00433 e. The molecule has 0 bridgehead atoms. The van der Waals surface area contributed by atoms with E-state index in [1.807, 2.05) is 0 Å². The number of nitrogens with two attached hydrogens (primary N) is 1. The van der Waals surface area contributed by atoms with E-state index in [9.17, 15) is 0 Å². The Labute approximate surface area is 57.6 Å². The summed E-state index contributed by atoms with van der Waals surface area (Å²) in [6.45, 7) is 5.46. The maximum Gasteiger partial charge on any atom is -0.00433 e. The minimum atomic E-state index is 0.675. The van der Waals surface area contributed by atoms with E-state index >= 15 is 0 Å². The Morgan fingerprint density at radius 3 is 2.11 bits per heavy atom. The summed E-state index contributed by atoms with van der Waals surface area (Å²) < 4.78 is 0. The van der Waals surface area contributed by atoms with Gasteiger partial charge in [0, 0.05) is 0 Å². The van der Waals surface area contributed by atoms with Gasteiger partial charge in [-0.2, -0.15) is 0 Å². The van der Waals surface area contributed by atoms with Gasteiger partial charge < -0.3 is 5.73 Å². The molecule has 2 N–H and O–H groups in total. The zero-order valence-corrected chi connectivity index (χ0v) is 6.48. The second-order valence-electron chi connectivity index (χ2n) is 3.21. The minimum Gasteiger partial charge on any atom is -0.330 e. The lowest BCUT2D eigenvalue weighted by molar-refractivity contribution is 0.424. The summed E-state index contributed by atoms with van der Waals surface area (Å²) in [4.78, 5) is 0. The van der Waals surface area contributed by atoms with E-state index in [1.165, 1.54) is 19.3 Å². The molecule has 1 rings (SSSR count). The van der Waals surface area contributed by atoms with Gasteiger partial charge in [0.2, 0.25) is 0 Å². The van der Waals surface area contributed by atoms with Crippen LogP contribution in [0.1, 0.15) is 33.1 Å². The zero-order chi connectivity index (χ0) is 6.91. The second kappa shape index (κ2) is 2.30. The fourth-order valence-electron chi connectivity index (χ4n) is 1.88. The maximum absolute atomic E-state index is 5.56. The van der Waals surface area contributed by atoms with E-state index < -0.39 is 0 Å². The van der Waals surface area contributed by atoms with E-state index in [1.54, 1.807) is 0 Å². The molecule has 0 aromatic carbocycles. The first kappa shape index (κ1) is 7.07. The monoisotopic (exact) mass is 127 g/mol. The molecule has 0 radical (unpaired) electrons. The average molecular weight is 127 g/mol. The van der Waals surface area contributed by atoms with Crippen molar-refractivity contribution in [3.63, 3.8) is 0 Å². The normalized spacial score (nSPS) is 30.3. The van der Waals surface area contributed by atoms with Crippen LogP contribution in [0.2, 0.25) is 0 Å². The van der Waals surface area contributed by atoms with Crippen molar-refractivity contribution < 1.29 is 0 Å². The van der Waals surface area contributed by atoms with Crippen molar-refractivity contribution in [3.8, 4) is 0 Å². The molecule has 0 aliphatic heterocycles. The van der Waals surface area contributed by atoms with Crippen molar-refractivity contribution in [1.29, 1.82) is 0 Å². The summed E-state index contributed by atoms with van der Waals surface area (Å²) in [5.74, 6) is 0.854. The highest BCUT2D eigenvalue weighted by Crippen LogP contribution is 2.56. The van der Waals surface area contributed by atoms with Crippen LogP contribution in [-0.2, 0) is 0 Å². The van der Waals surface area contributed by atoms with E-state index in [0.29, 0.717) is 5.41 Å². The Balaban J connectivity index is 2.37. The molecule has 0 unspecified atom stereocenters. The lowest BCUT2D eigenvalue weighted by Crippen LogP contribution is -2.09. The molecule has 1 aliphatic carbocycles. The van der Waals surface area contributed by atoms with Crippen LogP contribution in [-0.4, -0.2) is 6.54 Å². The third-order valence-corrected chi connectivity index (χ3v) is 3.05. The van der Waals surface area contributed by atoms with Crippen molar-refractivity contribution in [2.75, 3.05) is 6.54 Å². The fraction of sp³-hybridized carbons (Fsp3) is 1.00. The zero-order valence-electron chi connectivity index (χ0n) is 6.48.